The van der Waals surface area contributed by atoms with Crippen LogP contribution in [0.4, 0.5) is 0 Å². The SMILES string of the molecule is c1ccc(-c2cc(-c3ccccc3)nc(-c3cc4c5ccccc5c(-c5nc(-c6ccccc6)nc(-c6ccccc6)n5)cc4c4ccccc34)n2)cc1. The molecule has 0 fully saturated rings. The number of benzene rings is 8. The molecule has 54 heavy (non-hydrogen) atoms. The van der Waals surface area contributed by atoms with Crippen LogP contribution in [0, 0.1) is 0 Å². The zero-order valence-corrected chi connectivity index (χ0v) is 29.1. The summed E-state index contributed by atoms with van der Waals surface area (Å²) in [5.74, 6) is 2.57. The zero-order chi connectivity index (χ0) is 35.8. The van der Waals surface area contributed by atoms with Crippen LogP contribution in [-0.4, -0.2) is 24.9 Å². The maximum atomic E-state index is 5.24. The van der Waals surface area contributed by atoms with Gasteiger partial charge in [0.2, 0.25) is 0 Å². The maximum absolute atomic E-state index is 5.24. The number of rotatable bonds is 6. The Morgan fingerprint density at radius 3 is 0.944 bits per heavy atom. The molecule has 8 aromatic carbocycles. The summed E-state index contributed by atoms with van der Waals surface area (Å²) in [5, 5.41) is 6.54. The molecule has 0 saturated carbocycles. The predicted molar refractivity (Wildman–Crippen MR) is 221 cm³/mol. The summed E-state index contributed by atoms with van der Waals surface area (Å²) in [5.41, 5.74) is 7.63. The number of fused-ring (bicyclic) bond motifs is 5. The van der Waals surface area contributed by atoms with Crippen LogP contribution in [0.2, 0.25) is 0 Å². The Labute approximate surface area is 312 Å². The largest absolute Gasteiger partial charge is 0.228 e. The molecule has 10 aromatic rings. The number of aromatic nitrogens is 5. The average Bonchev–Trinajstić information content (AvgIpc) is 3.26. The highest BCUT2D eigenvalue weighted by molar-refractivity contribution is 6.23. The molecule has 0 aliphatic rings. The molecule has 10 rings (SSSR count). The summed E-state index contributed by atoms with van der Waals surface area (Å²) in [4.78, 5) is 25.7. The van der Waals surface area contributed by atoms with E-state index in [0.29, 0.717) is 23.3 Å². The van der Waals surface area contributed by atoms with Crippen molar-refractivity contribution in [2.24, 2.45) is 0 Å². The Morgan fingerprint density at radius 1 is 0.222 bits per heavy atom. The van der Waals surface area contributed by atoms with E-state index < -0.39 is 0 Å². The maximum Gasteiger partial charge on any atom is 0.164 e. The van der Waals surface area contributed by atoms with Crippen LogP contribution >= 0.6 is 0 Å². The molecular weight excluding hydrogens is 659 g/mol. The van der Waals surface area contributed by atoms with E-state index in [4.69, 9.17) is 24.9 Å². The smallest absolute Gasteiger partial charge is 0.164 e. The van der Waals surface area contributed by atoms with Gasteiger partial charge < -0.3 is 0 Å². The summed E-state index contributed by atoms with van der Waals surface area (Å²) in [7, 11) is 0. The molecule has 0 amide bonds. The van der Waals surface area contributed by atoms with Crippen LogP contribution in [0.5, 0.6) is 0 Å². The van der Waals surface area contributed by atoms with E-state index in [9.17, 15) is 0 Å². The Morgan fingerprint density at radius 2 is 0.537 bits per heavy atom. The van der Waals surface area contributed by atoms with Crippen LogP contribution in [0.25, 0.3) is 100 Å². The number of hydrogen-bond donors (Lipinski definition) is 0. The summed E-state index contributed by atoms with van der Waals surface area (Å²) in [6, 6.07) is 64.5. The van der Waals surface area contributed by atoms with E-state index in [1.807, 2.05) is 97.1 Å². The third-order valence-electron chi connectivity index (χ3n) is 9.93. The zero-order valence-electron chi connectivity index (χ0n) is 29.1. The van der Waals surface area contributed by atoms with Gasteiger partial charge in [-0.05, 0) is 50.5 Å². The second-order valence-electron chi connectivity index (χ2n) is 13.3. The molecule has 0 atom stereocenters. The molecule has 5 heteroatoms. The van der Waals surface area contributed by atoms with Crippen molar-refractivity contribution in [3.05, 3.63) is 188 Å². The molecule has 0 unspecified atom stereocenters. The number of hydrogen-bond acceptors (Lipinski definition) is 5. The van der Waals surface area contributed by atoms with E-state index >= 15 is 0 Å². The van der Waals surface area contributed by atoms with Crippen LogP contribution in [0.15, 0.2) is 188 Å². The standard InChI is InChI=1S/C49H31N5/c1-5-17-32(18-6-1)44-31-45(33-19-7-2-8-20-33)51-48(50-44)42-29-40-37-26-14-16-28-39(37)43(30-41(40)36-25-13-15-27-38(36)42)49-53-46(34-21-9-3-10-22-34)52-47(54-49)35-23-11-4-12-24-35/h1-31H. The third-order valence-corrected chi connectivity index (χ3v) is 9.93. The first-order valence-electron chi connectivity index (χ1n) is 18.0. The Kier molecular flexibility index (Phi) is 7.73. The van der Waals surface area contributed by atoms with E-state index in [1.165, 1.54) is 0 Å². The minimum atomic E-state index is 0.625. The minimum absolute atomic E-state index is 0.625. The quantitative estimate of drug-likeness (QED) is 0.163. The monoisotopic (exact) mass is 689 g/mol. The Bertz CT molecular complexity index is 2650. The van der Waals surface area contributed by atoms with Gasteiger partial charge in [0.15, 0.2) is 23.3 Å². The first kappa shape index (κ1) is 31.4. The van der Waals surface area contributed by atoms with Gasteiger partial charge in [0.1, 0.15) is 0 Å². The molecule has 252 valence electrons. The predicted octanol–water partition coefficient (Wildman–Crippen LogP) is 12.1. The normalized spacial score (nSPS) is 11.3. The molecule has 0 spiro atoms. The van der Waals surface area contributed by atoms with Gasteiger partial charge in [0.25, 0.3) is 0 Å². The Balaban J connectivity index is 1.25. The molecule has 0 radical (unpaired) electrons. The fourth-order valence-electron chi connectivity index (χ4n) is 7.33. The summed E-state index contributed by atoms with van der Waals surface area (Å²) in [6.45, 7) is 0. The lowest BCUT2D eigenvalue weighted by molar-refractivity contribution is 1.08. The van der Waals surface area contributed by atoms with E-state index in [1.54, 1.807) is 0 Å². The van der Waals surface area contributed by atoms with Gasteiger partial charge in [0.05, 0.1) is 11.4 Å². The molecule has 0 aliphatic carbocycles. The second-order valence-corrected chi connectivity index (χ2v) is 13.3. The summed E-state index contributed by atoms with van der Waals surface area (Å²) >= 11 is 0. The molecule has 0 saturated heterocycles. The van der Waals surface area contributed by atoms with Gasteiger partial charge in [-0.1, -0.05) is 170 Å². The van der Waals surface area contributed by atoms with Crippen molar-refractivity contribution >= 4 is 32.3 Å². The molecule has 0 bridgehead atoms. The van der Waals surface area contributed by atoms with Crippen molar-refractivity contribution in [1.82, 2.24) is 24.9 Å². The molecule has 2 aromatic heterocycles. The summed E-state index contributed by atoms with van der Waals surface area (Å²) in [6.07, 6.45) is 0. The topological polar surface area (TPSA) is 64.5 Å². The van der Waals surface area contributed by atoms with E-state index in [-0.39, 0.29) is 0 Å². The Hall–Kier alpha value is -7.37. The first-order chi connectivity index (χ1) is 26.8. The lowest BCUT2D eigenvalue weighted by Gasteiger charge is -2.16. The highest BCUT2D eigenvalue weighted by atomic mass is 15.0. The van der Waals surface area contributed by atoms with Gasteiger partial charge >= 0.3 is 0 Å². The highest BCUT2D eigenvalue weighted by Crippen LogP contribution is 2.41. The minimum Gasteiger partial charge on any atom is -0.228 e. The van der Waals surface area contributed by atoms with Gasteiger partial charge in [0, 0.05) is 33.4 Å². The van der Waals surface area contributed by atoms with E-state index in [2.05, 4.69) is 91.0 Å². The molecule has 0 N–H and O–H groups in total. The number of nitrogens with zero attached hydrogens (tertiary/aromatic N) is 5. The summed E-state index contributed by atoms with van der Waals surface area (Å²) < 4.78 is 0. The molecular formula is C49H31N5. The van der Waals surface area contributed by atoms with Gasteiger partial charge in [-0.25, -0.2) is 24.9 Å². The fraction of sp³-hybridized carbons (Fsp3) is 0. The van der Waals surface area contributed by atoms with Crippen LogP contribution in [-0.2, 0) is 0 Å². The van der Waals surface area contributed by atoms with Crippen LogP contribution in [0.1, 0.15) is 0 Å². The van der Waals surface area contributed by atoms with Crippen LogP contribution in [0.3, 0.4) is 0 Å². The lowest BCUT2D eigenvalue weighted by Crippen LogP contribution is -2.01. The van der Waals surface area contributed by atoms with Crippen molar-refractivity contribution < 1.29 is 0 Å². The van der Waals surface area contributed by atoms with Gasteiger partial charge in [-0.15, -0.1) is 0 Å². The average molecular weight is 690 g/mol. The highest BCUT2D eigenvalue weighted by Gasteiger charge is 2.20. The third kappa shape index (κ3) is 5.65. The molecule has 0 aliphatic heterocycles. The molecule has 5 nitrogen and oxygen atoms in total. The first-order valence-corrected chi connectivity index (χ1v) is 18.0. The van der Waals surface area contributed by atoms with Crippen molar-refractivity contribution in [2.75, 3.05) is 0 Å². The van der Waals surface area contributed by atoms with Gasteiger partial charge in [-0.3, -0.25) is 0 Å². The van der Waals surface area contributed by atoms with Crippen molar-refractivity contribution in [3.63, 3.8) is 0 Å². The van der Waals surface area contributed by atoms with Crippen LogP contribution < -0.4 is 0 Å². The fourth-order valence-corrected chi connectivity index (χ4v) is 7.33. The van der Waals surface area contributed by atoms with Gasteiger partial charge in [-0.2, -0.15) is 0 Å². The lowest BCUT2D eigenvalue weighted by atomic mass is 9.90. The van der Waals surface area contributed by atoms with Crippen molar-refractivity contribution in [3.8, 4) is 68.1 Å². The van der Waals surface area contributed by atoms with Crippen molar-refractivity contribution in [2.45, 2.75) is 0 Å². The van der Waals surface area contributed by atoms with E-state index in [0.717, 1.165) is 77.1 Å². The van der Waals surface area contributed by atoms with Crippen molar-refractivity contribution in [1.29, 1.82) is 0 Å². The molecule has 2 heterocycles. The second kappa shape index (κ2) is 13.3.